The first-order chi connectivity index (χ1) is 19.2. The van der Waals surface area contributed by atoms with Gasteiger partial charge in [0, 0.05) is 31.4 Å². The van der Waals surface area contributed by atoms with Gasteiger partial charge in [0.1, 0.15) is 12.2 Å². The Labute approximate surface area is 234 Å². The summed E-state index contributed by atoms with van der Waals surface area (Å²) in [4.78, 5) is 48.5. The monoisotopic (exact) mass is 561 g/mol. The van der Waals surface area contributed by atoms with Gasteiger partial charge in [0.05, 0.1) is 35.0 Å². The van der Waals surface area contributed by atoms with Gasteiger partial charge in [-0.1, -0.05) is 29.5 Å². The number of aromatic nitrogens is 3. The van der Waals surface area contributed by atoms with E-state index in [2.05, 4.69) is 20.5 Å². The number of rotatable bonds is 6. The van der Waals surface area contributed by atoms with Crippen molar-refractivity contribution < 1.29 is 14.4 Å². The molecule has 0 spiro atoms. The lowest BCUT2D eigenvalue weighted by Gasteiger charge is -2.47. The first-order valence-electron chi connectivity index (χ1n) is 13.2. The molecule has 2 aliphatic rings. The van der Waals surface area contributed by atoms with Gasteiger partial charge in [-0.25, -0.2) is 9.78 Å². The number of para-hydroxylation sites is 1. The highest BCUT2D eigenvalue weighted by atomic mass is 32.1. The van der Waals surface area contributed by atoms with Crippen molar-refractivity contribution in [2.75, 3.05) is 25.9 Å². The van der Waals surface area contributed by atoms with Crippen LogP contribution >= 0.6 is 11.3 Å². The number of hydrazine groups is 1. The van der Waals surface area contributed by atoms with Gasteiger partial charge >= 0.3 is 6.03 Å². The first-order valence-corrected chi connectivity index (χ1v) is 14.0. The second-order valence-corrected chi connectivity index (χ2v) is 11.5. The number of nitrogen functional groups attached to an aromatic ring is 1. The highest BCUT2D eigenvalue weighted by Gasteiger charge is 2.52. The fourth-order valence-electron chi connectivity index (χ4n) is 5.82. The SMILES string of the molecule is CNC(=O)N(C(C)C)N1CC(=O)N2[C@@H](Cc3ccc4[nH]ncc4c3)C(=O)N(Cc3cccc4sc(N)nc34)C[C@@H]21. The normalized spacial score (nSPS) is 19.7. The number of hydrogen-bond acceptors (Lipinski definition) is 8. The first kappa shape index (κ1) is 26.0. The van der Waals surface area contributed by atoms with Crippen LogP contribution in [0.25, 0.3) is 21.1 Å². The molecule has 2 saturated heterocycles. The number of nitrogens with zero attached hydrogens (tertiary/aromatic N) is 6. The minimum absolute atomic E-state index is 0.00680. The van der Waals surface area contributed by atoms with E-state index < -0.39 is 12.2 Å². The van der Waals surface area contributed by atoms with Gasteiger partial charge in [-0.2, -0.15) is 10.1 Å². The highest BCUT2D eigenvalue weighted by molar-refractivity contribution is 7.22. The number of amides is 4. The average molecular weight is 562 g/mol. The zero-order valence-electron chi connectivity index (χ0n) is 22.5. The van der Waals surface area contributed by atoms with Crippen LogP contribution in [-0.2, 0) is 22.6 Å². The molecule has 4 amide bonds. The summed E-state index contributed by atoms with van der Waals surface area (Å²) < 4.78 is 0.953. The molecule has 2 fully saturated rings. The zero-order valence-corrected chi connectivity index (χ0v) is 23.3. The summed E-state index contributed by atoms with van der Waals surface area (Å²) in [6.07, 6.45) is 1.57. The van der Waals surface area contributed by atoms with Gasteiger partial charge in [-0.3, -0.25) is 19.7 Å². The molecular weight excluding hydrogens is 530 g/mol. The Morgan fingerprint density at radius 3 is 2.88 bits per heavy atom. The number of benzene rings is 2. The molecule has 0 saturated carbocycles. The summed E-state index contributed by atoms with van der Waals surface area (Å²) in [6.45, 7) is 4.37. The molecule has 13 heteroatoms. The maximum Gasteiger partial charge on any atom is 0.331 e. The van der Waals surface area contributed by atoms with Crippen molar-refractivity contribution in [3.8, 4) is 0 Å². The third-order valence-electron chi connectivity index (χ3n) is 7.57. The molecule has 0 bridgehead atoms. The third-order valence-corrected chi connectivity index (χ3v) is 8.42. The second-order valence-electron chi connectivity index (χ2n) is 10.4. The van der Waals surface area contributed by atoms with Crippen molar-refractivity contribution in [2.24, 2.45) is 0 Å². The predicted octanol–water partition coefficient (Wildman–Crippen LogP) is 2.14. The molecule has 12 nitrogen and oxygen atoms in total. The quantitative estimate of drug-likeness (QED) is 0.327. The predicted molar refractivity (Wildman–Crippen MR) is 152 cm³/mol. The molecule has 40 heavy (non-hydrogen) atoms. The fraction of sp³-hybridized carbons (Fsp3) is 0.370. The number of H-pyrrole nitrogens is 1. The van der Waals surface area contributed by atoms with E-state index in [4.69, 9.17) is 5.73 Å². The molecule has 2 aromatic heterocycles. The number of nitrogens with one attached hydrogen (secondary N) is 2. The van der Waals surface area contributed by atoms with E-state index in [0.29, 0.717) is 18.1 Å². The van der Waals surface area contributed by atoms with E-state index in [1.54, 1.807) is 33.1 Å². The summed E-state index contributed by atoms with van der Waals surface area (Å²) in [7, 11) is 1.57. The standard InChI is InChI=1S/C27H31N9O3S/c1-15(2)36(27(39)29-3)34-14-23(37)35-20(10-16-7-8-19-18(9-16)11-30-32-19)25(38)33(13-22(34)35)12-17-5-4-6-21-24(17)31-26(28)40-21/h4-9,11,15,20,22H,10,12-14H2,1-3H3,(H2,28,31)(H,29,39)(H,30,32)/t20-,22+/m0/s1. The Kier molecular flexibility index (Phi) is 6.55. The minimum atomic E-state index is -0.737. The Bertz CT molecular complexity index is 1620. The Morgan fingerprint density at radius 2 is 2.10 bits per heavy atom. The maximum atomic E-state index is 14.1. The maximum absolute atomic E-state index is 14.1. The Morgan fingerprint density at radius 1 is 1.27 bits per heavy atom. The third kappa shape index (κ3) is 4.40. The molecule has 4 heterocycles. The molecule has 4 aromatic rings. The number of urea groups is 1. The number of piperazine rings is 1. The van der Waals surface area contributed by atoms with Crippen LogP contribution in [0.1, 0.15) is 25.0 Å². The summed E-state index contributed by atoms with van der Waals surface area (Å²) in [6, 6.07) is 10.5. The number of carbonyl (C=O) groups excluding carboxylic acids is 3. The van der Waals surface area contributed by atoms with E-state index >= 15 is 0 Å². The van der Waals surface area contributed by atoms with Crippen LogP contribution < -0.4 is 11.1 Å². The lowest BCUT2D eigenvalue weighted by atomic mass is 9.99. The van der Waals surface area contributed by atoms with Crippen molar-refractivity contribution in [1.82, 2.24) is 40.3 Å². The summed E-state index contributed by atoms with van der Waals surface area (Å²) >= 11 is 1.41. The molecule has 2 atom stereocenters. The minimum Gasteiger partial charge on any atom is -0.375 e. The van der Waals surface area contributed by atoms with Crippen LogP contribution in [0.5, 0.6) is 0 Å². The molecule has 2 aromatic carbocycles. The van der Waals surface area contributed by atoms with E-state index in [-0.39, 0.29) is 37.0 Å². The Balaban J connectivity index is 1.39. The van der Waals surface area contributed by atoms with E-state index in [1.165, 1.54) is 11.3 Å². The van der Waals surface area contributed by atoms with Crippen LogP contribution in [0, 0.1) is 0 Å². The fourth-order valence-corrected chi connectivity index (χ4v) is 6.61. The van der Waals surface area contributed by atoms with Crippen molar-refractivity contribution in [1.29, 1.82) is 0 Å². The number of nitrogens with two attached hydrogens (primary N) is 1. The van der Waals surface area contributed by atoms with Crippen molar-refractivity contribution >= 4 is 55.4 Å². The van der Waals surface area contributed by atoms with Crippen LogP contribution in [0.2, 0.25) is 0 Å². The van der Waals surface area contributed by atoms with Gasteiger partial charge < -0.3 is 20.9 Å². The average Bonchev–Trinajstić information content (AvgIpc) is 3.63. The Hall–Kier alpha value is -4.23. The lowest BCUT2D eigenvalue weighted by molar-refractivity contribution is -0.158. The molecule has 0 aliphatic carbocycles. The summed E-state index contributed by atoms with van der Waals surface area (Å²) in [5, 5.41) is 14.5. The van der Waals surface area contributed by atoms with Gasteiger partial charge in [0.2, 0.25) is 11.8 Å². The van der Waals surface area contributed by atoms with Crippen LogP contribution in [0.15, 0.2) is 42.6 Å². The van der Waals surface area contributed by atoms with Gasteiger partial charge in [0.25, 0.3) is 0 Å². The molecule has 6 rings (SSSR count). The molecule has 208 valence electrons. The van der Waals surface area contributed by atoms with Crippen LogP contribution in [0.3, 0.4) is 0 Å². The van der Waals surface area contributed by atoms with Gasteiger partial charge in [-0.05, 0) is 43.2 Å². The van der Waals surface area contributed by atoms with Crippen LogP contribution in [0.4, 0.5) is 9.93 Å². The molecule has 2 aliphatic heterocycles. The molecule has 0 unspecified atom stereocenters. The van der Waals surface area contributed by atoms with E-state index in [1.807, 2.05) is 50.2 Å². The number of hydrogen-bond donors (Lipinski definition) is 3. The van der Waals surface area contributed by atoms with E-state index in [0.717, 1.165) is 32.2 Å². The van der Waals surface area contributed by atoms with Gasteiger partial charge in [-0.15, -0.1) is 0 Å². The number of carbonyl (C=O) groups is 3. The van der Waals surface area contributed by atoms with E-state index in [9.17, 15) is 14.4 Å². The number of anilines is 1. The topological polar surface area (TPSA) is 144 Å². The molecule has 4 N–H and O–H groups in total. The van der Waals surface area contributed by atoms with Gasteiger partial charge in [0.15, 0.2) is 5.13 Å². The van der Waals surface area contributed by atoms with Crippen molar-refractivity contribution in [3.63, 3.8) is 0 Å². The summed E-state index contributed by atoms with van der Waals surface area (Å²) in [5.74, 6) is -0.327. The number of aromatic amines is 1. The largest absolute Gasteiger partial charge is 0.375 e. The number of thiazole rings is 1. The summed E-state index contributed by atoms with van der Waals surface area (Å²) in [5.41, 5.74) is 9.46. The van der Waals surface area contributed by atoms with Crippen molar-refractivity contribution in [2.45, 2.75) is 45.1 Å². The highest BCUT2D eigenvalue weighted by Crippen LogP contribution is 2.33. The van der Waals surface area contributed by atoms with Crippen molar-refractivity contribution in [3.05, 3.63) is 53.7 Å². The molecular formula is C27H31N9O3S. The second kappa shape index (κ2) is 10.1. The smallest absolute Gasteiger partial charge is 0.331 e. The molecule has 0 radical (unpaired) electrons. The van der Waals surface area contributed by atoms with Crippen LogP contribution in [-0.4, -0.2) is 91.2 Å². The lowest BCUT2D eigenvalue weighted by Crippen LogP contribution is -2.66. The number of fused-ring (bicyclic) bond motifs is 3. The zero-order chi connectivity index (χ0) is 28.1.